The zero-order chi connectivity index (χ0) is 21.7. The topological polar surface area (TPSA) is 86.7 Å². The van der Waals surface area contributed by atoms with Gasteiger partial charge in [-0.3, -0.25) is 4.79 Å². The molecule has 2 N–H and O–H groups in total. The first kappa shape index (κ1) is 20.8. The fourth-order valence-electron chi connectivity index (χ4n) is 2.57. The Morgan fingerprint density at radius 3 is 2.27 bits per heavy atom. The SMILES string of the molecule is NC(=NOC(=O)c1ccccc1)c1ccc(Cn2cc(C(F)(F)F)ccc2=O)cc1. The zero-order valence-electron chi connectivity index (χ0n) is 15.5. The van der Waals surface area contributed by atoms with Crippen LogP contribution >= 0.6 is 0 Å². The second-order valence-electron chi connectivity index (χ2n) is 6.30. The molecule has 0 unspecified atom stereocenters. The lowest BCUT2D eigenvalue weighted by atomic mass is 10.1. The van der Waals surface area contributed by atoms with Crippen molar-refractivity contribution in [1.29, 1.82) is 0 Å². The van der Waals surface area contributed by atoms with Crippen molar-refractivity contribution >= 4 is 11.8 Å². The van der Waals surface area contributed by atoms with Gasteiger partial charge in [-0.25, -0.2) is 4.79 Å². The van der Waals surface area contributed by atoms with Gasteiger partial charge in [0.05, 0.1) is 17.7 Å². The summed E-state index contributed by atoms with van der Waals surface area (Å²) in [5.74, 6) is -0.721. The Morgan fingerprint density at radius 2 is 1.63 bits per heavy atom. The molecule has 0 atom stereocenters. The molecule has 0 radical (unpaired) electrons. The number of benzene rings is 2. The minimum absolute atomic E-state index is 0.0525. The Kier molecular flexibility index (Phi) is 6.01. The van der Waals surface area contributed by atoms with Gasteiger partial charge in [-0.2, -0.15) is 13.2 Å². The van der Waals surface area contributed by atoms with Crippen LogP contribution in [-0.2, 0) is 17.6 Å². The largest absolute Gasteiger partial charge is 0.417 e. The average Bonchev–Trinajstić information content (AvgIpc) is 2.73. The monoisotopic (exact) mass is 415 g/mol. The highest BCUT2D eigenvalue weighted by molar-refractivity contribution is 5.98. The van der Waals surface area contributed by atoms with Crippen molar-refractivity contribution in [3.8, 4) is 0 Å². The van der Waals surface area contributed by atoms with Gasteiger partial charge in [0.1, 0.15) is 0 Å². The average molecular weight is 415 g/mol. The van der Waals surface area contributed by atoms with E-state index in [1.165, 1.54) is 0 Å². The number of oxime groups is 1. The first-order valence-electron chi connectivity index (χ1n) is 8.71. The summed E-state index contributed by atoms with van der Waals surface area (Å²) < 4.78 is 39.5. The van der Waals surface area contributed by atoms with E-state index < -0.39 is 23.3 Å². The van der Waals surface area contributed by atoms with E-state index in [0.29, 0.717) is 16.7 Å². The Bertz CT molecular complexity index is 1120. The van der Waals surface area contributed by atoms with Gasteiger partial charge in [0.2, 0.25) is 0 Å². The van der Waals surface area contributed by atoms with Crippen LogP contribution in [0.3, 0.4) is 0 Å². The third kappa shape index (κ3) is 5.13. The fraction of sp³-hybridized carbons (Fsp3) is 0.0952. The van der Waals surface area contributed by atoms with Crippen molar-refractivity contribution in [3.63, 3.8) is 0 Å². The molecule has 2 aromatic carbocycles. The number of hydrogen-bond donors (Lipinski definition) is 1. The molecule has 0 spiro atoms. The number of carbonyl (C=O) groups excluding carboxylic acids is 1. The van der Waals surface area contributed by atoms with Crippen LogP contribution in [0.15, 0.2) is 82.9 Å². The quantitative estimate of drug-likeness (QED) is 0.300. The number of halogens is 3. The van der Waals surface area contributed by atoms with E-state index >= 15 is 0 Å². The van der Waals surface area contributed by atoms with E-state index in [9.17, 15) is 22.8 Å². The number of amidine groups is 1. The lowest BCUT2D eigenvalue weighted by molar-refractivity contribution is -0.138. The first-order chi connectivity index (χ1) is 14.2. The van der Waals surface area contributed by atoms with Crippen LogP contribution < -0.4 is 11.3 Å². The van der Waals surface area contributed by atoms with Gasteiger partial charge in [-0.15, -0.1) is 0 Å². The van der Waals surface area contributed by atoms with E-state index in [0.717, 1.165) is 22.9 Å². The standard InChI is InChI=1S/C21H16F3N3O3/c22-21(23,24)17-10-11-18(28)27(13-17)12-14-6-8-15(9-7-14)19(25)26-30-20(29)16-4-2-1-3-5-16/h1-11,13H,12H2,(H2,25,26). The van der Waals surface area contributed by atoms with Crippen molar-refractivity contribution in [2.24, 2.45) is 10.9 Å². The van der Waals surface area contributed by atoms with Crippen LogP contribution in [0.2, 0.25) is 0 Å². The Balaban J connectivity index is 1.71. The second-order valence-corrected chi connectivity index (χ2v) is 6.30. The summed E-state index contributed by atoms with van der Waals surface area (Å²) in [5, 5.41) is 3.60. The molecule has 0 saturated carbocycles. The molecule has 0 aliphatic rings. The molecule has 1 aromatic heterocycles. The fourth-order valence-corrected chi connectivity index (χ4v) is 2.57. The van der Waals surface area contributed by atoms with Crippen molar-refractivity contribution in [3.05, 3.63) is 106 Å². The molecule has 154 valence electrons. The first-order valence-corrected chi connectivity index (χ1v) is 8.71. The summed E-state index contributed by atoms with van der Waals surface area (Å²) in [7, 11) is 0. The predicted molar refractivity (Wildman–Crippen MR) is 104 cm³/mol. The van der Waals surface area contributed by atoms with E-state index in [4.69, 9.17) is 10.6 Å². The maximum absolute atomic E-state index is 12.8. The molecule has 9 heteroatoms. The highest BCUT2D eigenvalue weighted by Gasteiger charge is 2.31. The molecule has 0 aliphatic carbocycles. The molecule has 0 bridgehead atoms. The molecule has 30 heavy (non-hydrogen) atoms. The number of hydrogen-bond acceptors (Lipinski definition) is 4. The zero-order valence-corrected chi connectivity index (χ0v) is 15.5. The molecule has 3 aromatic rings. The normalized spacial score (nSPS) is 11.9. The van der Waals surface area contributed by atoms with Gasteiger partial charge in [0.15, 0.2) is 5.84 Å². The lowest BCUT2D eigenvalue weighted by Crippen LogP contribution is -2.22. The summed E-state index contributed by atoms with van der Waals surface area (Å²) in [6.45, 7) is -0.0525. The third-order valence-corrected chi connectivity index (χ3v) is 4.15. The highest BCUT2D eigenvalue weighted by atomic mass is 19.4. The highest BCUT2D eigenvalue weighted by Crippen LogP contribution is 2.28. The van der Waals surface area contributed by atoms with Gasteiger partial charge < -0.3 is 15.1 Å². The summed E-state index contributed by atoms with van der Waals surface area (Å²) in [6.07, 6.45) is -3.77. The minimum atomic E-state index is -4.54. The summed E-state index contributed by atoms with van der Waals surface area (Å²) in [5.41, 5.74) is 5.68. The van der Waals surface area contributed by atoms with Crippen LogP contribution in [0, 0.1) is 0 Å². The van der Waals surface area contributed by atoms with Crippen molar-refractivity contribution in [1.82, 2.24) is 4.57 Å². The van der Waals surface area contributed by atoms with Gasteiger partial charge in [-0.05, 0) is 23.8 Å². The van der Waals surface area contributed by atoms with Gasteiger partial charge in [0.25, 0.3) is 5.56 Å². The molecule has 0 fully saturated rings. The van der Waals surface area contributed by atoms with Crippen molar-refractivity contribution < 1.29 is 22.8 Å². The van der Waals surface area contributed by atoms with Crippen LogP contribution in [0.5, 0.6) is 0 Å². The second kappa shape index (κ2) is 8.64. The van der Waals surface area contributed by atoms with E-state index in [1.54, 1.807) is 54.6 Å². The van der Waals surface area contributed by atoms with Gasteiger partial charge >= 0.3 is 12.1 Å². The minimum Gasteiger partial charge on any atom is -0.380 e. The van der Waals surface area contributed by atoms with Crippen molar-refractivity contribution in [2.45, 2.75) is 12.7 Å². The van der Waals surface area contributed by atoms with Gasteiger partial charge in [0, 0.05) is 17.8 Å². The molecule has 0 aliphatic heterocycles. The predicted octanol–water partition coefficient (Wildman–Crippen LogP) is 3.39. The van der Waals surface area contributed by atoms with Crippen LogP contribution in [0.25, 0.3) is 0 Å². The van der Waals surface area contributed by atoms with Crippen molar-refractivity contribution in [2.75, 3.05) is 0 Å². The molecule has 0 amide bonds. The molecular formula is C21H16F3N3O3. The number of pyridine rings is 1. The number of carbonyl (C=O) groups is 1. The molecule has 3 rings (SSSR count). The number of alkyl halides is 3. The van der Waals surface area contributed by atoms with Crippen LogP contribution in [-0.4, -0.2) is 16.4 Å². The maximum Gasteiger partial charge on any atom is 0.417 e. The number of nitrogens with zero attached hydrogens (tertiary/aromatic N) is 2. The van der Waals surface area contributed by atoms with E-state index in [-0.39, 0.29) is 12.4 Å². The number of aromatic nitrogens is 1. The smallest absolute Gasteiger partial charge is 0.380 e. The third-order valence-electron chi connectivity index (χ3n) is 4.15. The summed E-state index contributed by atoms with van der Waals surface area (Å²) in [6, 6.07) is 16.2. The Labute approximate surface area is 169 Å². The van der Waals surface area contributed by atoms with Crippen LogP contribution in [0.1, 0.15) is 27.0 Å². The van der Waals surface area contributed by atoms with Crippen LogP contribution in [0.4, 0.5) is 13.2 Å². The molecule has 1 heterocycles. The molecule has 0 saturated heterocycles. The number of nitrogens with two attached hydrogens (primary N) is 1. The Hall–Kier alpha value is -3.88. The lowest BCUT2D eigenvalue weighted by Gasteiger charge is -2.11. The molecular weight excluding hydrogens is 399 g/mol. The Morgan fingerprint density at radius 1 is 0.967 bits per heavy atom. The van der Waals surface area contributed by atoms with E-state index in [2.05, 4.69) is 5.16 Å². The van der Waals surface area contributed by atoms with E-state index in [1.807, 2.05) is 0 Å². The molecule has 6 nitrogen and oxygen atoms in total. The van der Waals surface area contributed by atoms with Gasteiger partial charge in [-0.1, -0.05) is 47.6 Å². The summed E-state index contributed by atoms with van der Waals surface area (Å²) in [4.78, 5) is 28.5. The summed E-state index contributed by atoms with van der Waals surface area (Å²) >= 11 is 0. The number of rotatable bonds is 5. The maximum atomic E-state index is 12.8.